The third-order valence-electron chi connectivity index (χ3n) is 6.85. The molecule has 2 heterocycles. The van der Waals surface area contributed by atoms with Gasteiger partial charge in [-0.25, -0.2) is 14.2 Å². The molecule has 10 heteroatoms. The van der Waals surface area contributed by atoms with Crippen molar-refractivity contribution in [3.05, 3.63) is 120 Å². The third kappa shape index (κ3) is 6.24. The predicted octanol–water partition coefficient (Wildman–Crippen LogP) is 4.92. The van der Waals surface area contributed by atoms with Gasteiger partial charge in [0.1, 0.15) is 18.2 Å². The summed E-state index contributed by atoms with van der Waals surface area (Å²) in [5, 5.41) is 0. The van der Waals surface area contributed by atoms with Gasteiger partial charge < -0.3 is 18.9 Å². The molecule has 1 aromatic heterocycles. The molecule has 4 aromatic rings. The highest BCUT2D eigenvalue weighted by Crippen LogP contribution is 2.32. The molecule has 43 heavy (non-hydrogen) atoms. The van der Waals surface area contributed by atoms with Crippen molar-refractivity contribution in [2.45, 2.75) is 33.4 Å². The van der Waals surface area contributed by atoms with Crippen LogP contribution in [0.1, 0.15) is 43.5 Å². The first kappa shape index (κ1) is 29.8. The van der Waals surface area contributed by atoms with Gasteiger partial charge in [-0.2, -0.15) is 0 Å². The Kier molecular flexibility index (Phi) is 9.06. The van der Waals surface area contributed by atoms with Gasteiger partial charge in [0.15, 0.2) is 16.3 Å². The van der Waals surface area contributed by atoms with Gasteiger partial charge in [0.25, 0.3) is 5.56 Å². The maximum absolute atomic E-state index is 14.1. The van der Waals surface area contributed by atoms with Crippen molar-refractivity contribution in [2.24, 2.45) is 4.99 Å². The van der Waals surface area contributed by atoms with Crippen LogP contribution in [0.3, 0.4) is 0 Å². The molecular weight excluding hydrogens is 571 g/mol. The zero-order valence-corrected chi connectivity index (χ0v) is 25.1. The van der Waals surface area contributed by atoms with Crippen LogP contribution in [0.25, 0.3) is 6.08 Å². The number of ether oxygens (including phenoxy) is 4. The van der Waals surface area contributed by atoms with Crippen LogP contribution in [-0.4, -0.2) is 30.9 Å². The number of esters is 1. The van der Waals surface area contributed by atoms with Crippen molar-refractivity contribution in [2.75, 3.05) is 20.3 Å². The summed E-state index contributed by atoms with van der Waals surface area (Å²) >= 11 is 1.23. The highest BCUT2D eigenvalue weighted by molar-refractivity contribution is 7.07. The summed E-state index contributed by atoms with van der Waals surface area (Å²) in [6.07, 6.45) is 1.75. The normalized spacial score (nSPS) is 14.6. The molecule has 1 aliphatic rings. The lowest BCUT2D eigenvalue weighted by atomic mass is 9.96. The molecule has 0 aliphatic carbocycles. The van der Waals surface area contributed by atoms with E-state index in [1.54, 1.807) is 75.6 Å². The van der Waals surface area contributed by atoms with Gasteiger partial charge >= 0.3 is 5.97 Å². The first-order valence-corrected chi connectivity index (χ1v) is 14.6. The summed E-state index contributed by atoms with van der Waals surface area (Å²) in [6.45, 7) is 5.95. The number of carbonyl (C=O) groups is 1. The van der Waals surface area contributed by atoms with E-state index in [1.165, 1.54) is 22.0 Å². The Labute approximate surface area is 252 Å². The molecule has 0 spiro atoms. The minimum absolute atomic E-state index is 0.0399. The summed E-state index contributed by atoms with van der Waals surface area (Å²) in [5.74, 6) is 0.712. The lowest BCUT2D eigenvalue weighted by molar-refractivity contribution is -0.139. The Bertz CT molecular complexity index is 1860. The number of fused-ring (bicyclic) bond motifs is 1. The van der Waals surface area contributed by atoms with E-state index in [1.807, 2.05) is 19.1 Å². The van der Waals surface area contributed by atoms with Crippen molar-refractivity contribution in [3.8, 4) is 17.2 Å². The van der Waals surface area contributed by atoms with Gasteiger partial charge in [0.05, 0.1) is 42.2 Å². The Morgan fingerprint density at radius 1 is 1.02 bits per heavy atom. The number of nitrogens with zero attached hydrogens (tertiary/aromatic N) is 2. The molecular formula is C33H31FN2O6S. The Hall–Kier alpha value is -4.70. The van der Waals surface area contributed by atoms with Crippen LogP contribution in [-0.2, 0) is 16.1 Å². The molecule has 0 amide bonds. The van der Waals surface area contributed by atoms with E-state index in [-0.39, 0.29) is 24.6 Å². The lowest BCUT2D eigenvalue weighted by Gasteiger charge is -2.24. The number of halogens is 1. The van der Waals surface area contributed by atoms with Crippen molar-refractivity contribution in [1.82, 2.24) is 4.57 Å². The average molecular weight is 603 g/mol. The zero-order valence-electron chi connectivity index (χ0n) is 24.3. The van der Waals surface area contributed by atoms with E-state index >= 15 is 0 Å². The van der Waals surface area contributed by atoms with Crippen LogP contribution in [0.2, 0.25) is 0 Å². The molecule has 1 atom stereocenters. The highest BCUT2D eigenvalue weighted by atomic mass is 32.1. The number of hydrogen-bond donors (Lipinski definition) is 0. The summed E-state index contributed by atoms with van der Waals surface area (Å²) < 4.78 is 38.4. The van der Waals surface area contributed by atoms with E-state index < -0.39 is 12.0 Å². The number of thiazole rings is 1. The molecule has 1 unspecified atom stereocenters. The van der Waals surface area contributed by atoms with Crippen LogP contribution in [0.5, 0.6) is 17.2 Å². The number of rotatable bonds is 10. The molecule has 8 nitrogen and oxygen atoms in total. The number of allylic oxidation sites excluding steroid dienone is 1. The second kappa shape index (κ2) is 13.1. The van der Waals surface area contributed by atoms with Crippen LogP contribution < -0.4 is 29.1 Å². The monoisotopic (exact) mass is 602 g/mol. The van der Waals surface area contributed by atoms with Crippen LogP contribution in [0, 0.1) is 5.82 Å². The number of carbonyl (C=O) groups excluding carboxylic acids is 1. The zero-order chi connectivity index (χ0) is 30.5. The second-order valence-electron chi connectivity index (χ2n) is 9.59. The molecule has 0 fully saturated rings. The Morgan fingerprint density at radius 2 is 1.79 bits per heavy atom. The molecule has 0 radical (unpaired) electrons. The summed E-state index contributed by atoms with van der Waals surface area (Å²) in [5.41, 5.74) is 2.36. The SMILES string of the molecule is CCOC(=O)C1=C(C)N=c2s/c(=C/c3ccc(OCc4ccccc4F)c(OCC)c3)c(=O)n2C1c1ccc(OC)cc1. The van der Waals surface area contributed by atoms with Crippen molar-refractivity contribution >= 4 is 23.4 Å². The average Bonchev–Trinajstić information content (AvgIpc) is 3.30. The maximum Gasteiger partial charge on any atom is 0.338 e. The first-order chi connectivity index (χ1) is 20.8. The predicted molar refractivity (Wildman–Crippen MR) is 162 cm³/mol. The van der Waals surface area contributed by atoms with E-state index in [0.717, 1.165) is 5.56 Å². The van der Waals surface area contributed by atoms with Gasteiger partial charge in [0.2, 0.25) is 0 Å². The Morgan fingerprint density at radius 3 is 2.49 bits per heavy atom. The summed E-state index contributed by atoms with van der Waals surface area (Å²) in [4.78, 5) is 32.1. The maximum atomic E-state index is 14.1. The topological polar surface area (TPSA) is 88.4 Å². The highest BCUT2D eigenvalue weighted by Gasteiger charge is 2.33. The fourth-order valence-corrected chi connectivity index (χ4v) is 5.86. The molecule has 0 saturated carbocycles. The number of methoxy groups -OCH3 is 1. The lowest BCUT2D eigenvalue weighted by Crippen LogP contribution is -2.39. The number of benzene rings is 3. The quantitative estimate of drug-likeness (QED) is 0.240. The van der Waals surface area contributed by atoms with Gasteiger partial charge in [-0.3, -0.25) is 9.36 Å². The van der Waals surface area contributed by atoms with E-state index in [9.17, 15) is 14.0 Å². The largest absolute Gasteiger partial charge is 0.497 e. The molecule has 0 saturated heterocycles. The standard InChI is InChI=1S/C33H31FN2O6S/c1-5-40-27-17-21(11-16-26(27)42-19-23-9-7-8-10-25(23)34)18-28-31(37)36-30(22-12-14-24(39-4)15-13-22)29(32(38)41-6-2)20(3)35-33(36)43-28/h7-18,30H,5-6,19H2,1-4H3/b28-18+. The number of hydrogen-bond acceptors (Lipinski definition) is 8. The summed E-state index contributed by atoms with van der Waals surface area (Å²) in [7, 11) is 1.57. The second-order valence-corrected chi connectivity index (χ2v) is 10.6. The fraction of sp³-hybridized carbons (Fsp3) is 0.242. The minimum Gasteiger partial charge on any atom is -0.497 e. The van der Waals surface area contributed by atoms with Crippen molar-refractivity contribution in [3.63, 3.8) is 0 Å². The number of aromatic nitrogens is 1. The summed E-state index contributed by atoms with van der Waals surface area (Å²) in [6, 6.07) is 18.2. The van der Waals surface area contributed by atoms with E-state index in [4.69, 9.17) is 18.9 Å². The first-order valence-electron chi connectivity index (χ1n) is 13.8. The van der Waals surface area contributed by atoms with Gasteiger partial charge in [-0.05, 0) is 68.3 Å². The molecule has 5 rings (SSSR count). The van der Waals surface area contributed by atoms with Crippen LogP contribution in [0.15, 0.2) is 87.8 Å². The van der Waals surface area contributed by atoms with E-state index in [2.05, 4.69) is 4.99 Å². The van der Waals surface area contributed by atoms with Crippen LogP contribution >= 0.6 is 11.3 Å². The minimum atomic E-state index is -0.725. The van der Waals surface area contributed by atoms with Gasteiger partial charge in [-0.1, -0.05) is 47.7 Å². The Balaban J connectivity index is 1.56. The fourth-order valence-electron chi connectivity index (χ4n) is 4.82. The van der Waals surface area contributed by atoms with Crippen molar-refractivity contribution in [1.29, 1.82) is 0 Å². The van der Waals surface area contributed by atoms with E-state index in [0.29, 0.717) is 55.6 Å². The molecule has 0 N–H and O–H groups in total. The van der Waals surface area contributed by atoms with Crippen LogP contribution in [0.4, 0.5) is 4.39 Å². The van der Waals surface area contributed by atoms with Gasteiger partial charge in [0, 0.05) is 5.56 Å². The molecule has 0 bridgehead atoms. The van der Waals surface area contributed by atoms with Gasteiger partial charge in [-0.15, -0.1) is 0 Å². The third-order valence-corrected chi connectivity index (χ3v) is 7.84. The molecule has 1 aliphatic heterocycles. The van der Waals surface area contributed by atoms with Crippen molar-refractivity contribution < 1.29 is 28.1 Å². The smallest absolute Gasteiger partial charge is 0.338 e. The molecule has 222 valence electrons. The molecule has 3 aromatic carbocycles.